The molecule has 0 spiro atoms. The lowest BCUT2D eigenvalue weighted by Crippen LogP contribution is -2.31. The number of rotatable bonds is 8. The summed E-state index contributed by atoms with van der Waals surface area (Å²) in [5.74, 6) is 0.173. The van der Waals surface area contributed by atoms with Gasteiger partial charge in [0.2, 0.25) is 0 Å². The van der Waals surface area contributed by atoms with Gasteiger partial charge in [-0.1, -0.05) is 23.9 Å². The quantitative estimate of drug-likeness (QED) is 0.224. The first-order valence-corrected chi connectivity index (χ1v) is 12.1. The van der Waals surface area contributed by atoms with E-state index in [1.165, 1.54) is 23.9 Å². The van der Waals surface area contributed by atoms with E-state index in [1.807, 2.05) is 13.8 Å². The van der Waals surface area contributed by atoms with Gasteiger partial charge >= 0.3 is 0 Å². The molecule has 0 bridgehead atoms. The van der Waals surface area contributed by atoms with Crippen molar-refractivity contribution in [1.82, 2.24) is 14.9 Å². The predicted molar refractivity (Wildman–Crippen MR) is 130 cm³/mol. The Morgan fingerprint density at radius 2 is 2.15 bits per heavy atom. The minimum atomic E-state index is -0.431. The fourth-order valence-electron chi connectivity index (χ4n) is 3.86. The molecule has 0 aliphatic carbocycles. The van der Waals surface area contributed by atoms with Gasteiger partial charge in [-0.2, -0.15) is 0 Å². The molecule has 2 aromatic carbocycles. The maximum absolute atomic E-state index is 13.4. The molecule has 0 radical (unpaired) electrons. The number of thioether (sulfide) groups is 1. The molecule has 1 N–H and O–H groups in total. The number of amides is 1. The lowest BCUT2D eigenvalue weighted by atomic mass is 10.1. The highest BCUT2D eigenvalue weighted by Gasteiger charge is 2.21. The average Bonchev–Trinajstić information content (AvgIpc) is 3.32. The van der Waals surface area contributed by atoms with Crippen molar-refractivity contribution in [3.8, 4) is 0 Å². The number of hydrogen-bond acceptors (Lipinski definition) is 7. The monoisotopic (exact) mass is 482 g/mol. The number of carbonyl (C=O) groups is 1. The van der Waals surface area contributed by atoms with Gasteiger partial charge in [0.25, 0.3) is 17.2 Å². The highest BCUT2D eigenvalue weighted by atomic mass is 32.2. The second-order valence-electron chi connectivity index (χ2n) is 8.52. The fraction of sp³-hybridized carbons (Fsp3) is 0.375. The standard InChI is InChI=1S/C24H26N4O5S/c1-15(2)25-22(29)17-8-9-20-21(12-17)26-24(27(23(20)30)13-19-7-4-10-33-19)34-14-16-5-3-6-18(11-16)28(31)32/h3,5-6,8-9,11-12,15,19H,4,7,10,13-14H2,1-2H3,(H,25,29)/t19-/m1/s1. The summed E-state index contributed by atoms with van der Waals surface area (Å²) in [5, 5.41) is 14.9. The van der Waals surface area contributed by atoms with Crippen molar-refractivity contribution in [3.05, 3.63) is 74.1 Å². The van der Waals surface area contributed by atoms with E-state index >= 15 is 0 Å². The molecule has 10 heteroatoms. The smallest absolute Gasteiger partial charge is 0.269 e. The van der Waals surface area contributed by atoms with Gasteiger partial charge in [0.1, 0.15) is 0 Å². The zero-order chi connectivity index (χ0) is 24.2. The fourth-order valence-corrected chi connectivity index (χ4v) is 4.81. The minimum Gasteiger partial charge on any atom is -0.376 e. The molecule has 0 unspecified atom stereocenters. The van der Waals surface area contributed by atoms with Crippen LogP contribution in [0.3, 0.4) is 0 Å². The Bertz CT molecular complexity index is 1280. The molecule has 1 aliphatic heterocycles. The van der Waals surface area contributed by atoms with Gasteiger partial charge in [0.05, 0.1) is 28.5 Å². The number of nitrogens with zero attached hydrogens (tertiary/aromatic N) is 3. The van der Waals surface area contributed by atoms with Crippen molar-refractivity contribution in [2.75, 3.05) is 6.61 Å². The number of non-ortho nitro benzene ring substituents is 1. The van der Waals surface area contributed by atoms with Gasteiger partial charge in [-0.3, -0.25) is 24.3 Å². The average molecular weight is 483 g/mol. The van der Waals surface area contributed by atoms with Crippen molar-refractivity contribution in [2.45, 2.75) is 56.3 Å². The van der Waals surface area contributed by atoms with Crippen LogP contribution in [0.1, 0.15) is 42.6 Å². The van der Waals surface area contributed by atoms with Crippen LogP contribution in [0.15, 0.2) is 52.4 Å². The number of nitrogens with one attached hydrogen (secondary N) is 1. The van der Waals surface area contributed by atoms with Crippen LogP contribution in [0, 0.1) is 10.1 Å². The molecule has 2 heterocycles. The third kappa shape index (κ3) is 5.45. The highest BCUT2D eigenvalue weighted by molar-refractivity contribution is 7.98. The Hall–Kier alpha value is -3.24. The molecule has 1 saturated heterocycles. The van der Waals surface area contributed by atoms with E-state index in [2.05, 4.69) is 5.32 Å². The molecule has 0 saturated carbocycles. The number of fused-ring (bicyclic) bond motifs is 1. The van der Waals surface area contributed by atoms with E-state index in [9.17, 15) is 19.7 Å². The Morgan fingerprint density at radius 1 is 1.32 bits per heavy atom. The van der Waals surface area contributed by atoms with Gasteiger partial charge in [-0.15, -0.1) is 0 Å². The van der Waals surface area contributed by atoms with E-state index in [0.717, 1.165) is 18.4 Å². The summed E-state index contributed by atoms with van der Waals surface area (Å²) in [6.45, 7) is 4.81. The van der Waals surface area contributed by atoms with Gasteiger partial charge < -0.3 is 10.1 Å². The van der Waals surface area contributed by atoms with Crippen LogP contribution in [-0.4, -0.2) is 39.1 Å². The van der Waals surface area contributed by atoms with Crippen LogP contribution < -0.4 is 10.9 Å². The summed E-state index contributed by atoms with van der Waals surface area (Å²) >= 11 is 1.33. The number of nitro benzene ring substituents is 1. The van der Waals surface area contributed by atoms with Crippen molar-refractivity contribution in [3.63, 3.8) is 0 Å². The molecule has 1 fully saturated rings. The van der Waals surface area contributed by atoms with Gasteiger partial charge in [0.15, 0.2) is 5.16 Å². The minimum absolute atomic E-state index is 0.0159. The van der Waals surface area contributed by atoms with Crippen molar-refractivity contribution in [1.29, 1.82) is 0 Å². The molecule has 4 rings (SSSR count). The molecule has 1 aliphatic rings. The Labute approximate surface area is 200 Å². The van der Waals surface area contributed by atoms with Crippen molar-refractivity contribution in [2.24, 2.45) is 0 Å². The molecule has 1 atom stereocenters. The largest absolute Gasteiger partial charge is 0.376 e. The van der Waals surface area contributed by atoms with E-state index in [0.29, 0.717) is 40.5 Å². The first-order valence-electron chi connectivity index (χ1n) is 11.1. The van der Waals surface area contributed by atoms with Crippen LogP contribution in [0.25, 0.3) is 10.9 Å². The maximum Gasteiger partial charge on any atom is 0.269 e. The Balaban J connectivity index is 1.71. The lowest BCUT2D eigenvalue weighted by molar-refractivity contribution is -0.384. The molecule has 9 nitrogen and oxygen atoms in total. The van der Waals surface area contributed by atoms with Crippen LogP contribution >= 0.6 is 11.8 Å². The lowest BCUT2D eigenvalue weighted by Gasteiger charge is -2.17. The van der Waals surface area contributed by atoms with Crippen molar-refractivity contribution < 1.29 is 14.5 Å². The Kier molecular flexibility index (Phi) is 7.28. The van der Waals surface area contributed by atoms with Gasteiger partial charge in [0, 0.05) is 36.1 Å². The second kappa shape index (κ2) is 10.4. The second-order valence-corrected chi connectivity index (χ2v) is 9.46. The van der Waals surface area contributed by atoms with E-state index in [-0.39, 0.29) is 29.3 Å². The zero-order valence-electron chi connectivity index (χ0n) is 19.0. The molecular formula is C24H26N4O5S. The molecule has 1 aromatic heterocycles. The summed E-state index contributed by atoms with van der Waals surface area (Å²) in [6, 6.07) is 11.3. The first-order chi connectivity index (χ1) is 16.3. The summed E-state index contributed by atoms with van der Waals surface area (Å²) in [6.07, 6.45) is 1.75. The van der Waals surface area contributed by atoms with Gasteiger partial charge in [-0.25, -0.2) is 4.98 Å². The molecular weight excluding hydrogens is 456 g/mol. The third-order valence-corrected chi connectivity index (χ3v) is 6.55. The van der Waals surface area contributed by atoms with Crippen LogP contribution in [-0.2, 0) is 17.0 Å². The van der Waals surface area contributed by atoms with Crippen LogP contribution in [0.4, 0.5) is 5.69 Å². The number of benzene rings is 2. The number of nitro groups is 1. The third-order valence-electron chi connectivity index (χ3n) is 5.50. The number of aromatic nitrogens is 2. The highest BCUT2D eigenvalue weighted by Crippen LogP contribution is 2.26. The number of ether oxygens (including phenoxy) is 1. The first kappa shape index (κ1) is 23.9. The van der Waals surface area contributed by atoms with Crippen molar-refractivity contribution >= 4 is 34.3 Å². The summed E-state index contributed by atoms with van der Waals surface area (Å²) in [4.78, 5) is 41.3. The van der Waals surface area contributed by atoms with Crippen LogP contribution in [0.5, 0.6) is 0 Å². The summed E-state index contributed by atoms with van der Waals surface area (Å²) < 4.78 is 7.37. The predicted octanol–water partition coefficient (Wildman–Crippen LogP) is 3.91. The molecule has 3 aromatic rings. The summed E-state index contributed by atoms with van der Waals surface area (Å²) in [5.41, 5.74) is 1.44. The van der Waals surface area contributed by atoms with Crippen LogP contribution in [0.2, 0.25) is 0 Å². The maximum atomic E-state index is 13.4. The topological polar surface area (TPSA) is 116 Å². The number of hydrogen-bond donors (Lipinski definition) is 1. The SMILES string of the molecule is CC(C)NC(=O)c1ccc2c(=O)n(C[C@H]3CCCO3)c(SCc3cccc([N+](=O)[O-])c3)nc2c1. The van der Waals surface area contributed by atoms with Gasteiger partial charge in [-0.05, 0) is 50.5 Å². The molecule has 34 heavy (non-hydrogen) atoms. The molecule has 1 amide bonds. The zero-order valence-corrected chi connectivity index (χ0v) is 19.8. The number of carbonyl (C=O) groups excluding carboxylic acids is 1. The van der Waals surface area contributed by atoms with E-state index in [4.69, 9.17) is 9.72 Å². The normalized spacial score (nSPS) is 15.7. The Morgan fingerprint density at radius 3 is 2.85 bits per heavy atom. The van der Waals surface area contributed by atoms with E-state index < -0.39 is 4.92 Å². The molecule has 178 valence electrons. The summed E-state index contributed by atoms with van der Waals surface area (Å²) in [7, 11) is 0. The van der Waals surface area contributed by atoms with E-state index in [1.54, 1.807) is 34.9 Å².